The first-order chi connectivity index (χ1) is 9.64. The fourth-order valence-electron chi connectivity index (χ4n) is 2.30. The molecule has 0 unspecified atom stereocenters. The van der Waals surface area contributed by atoms with Crippen LogP contribution >= 0.6 is 0 Å². The van der Waals surface area contributed by atoms with Crippen LogP contribution in [0.5, 0.6) is 0 Å². The molecule has 1 N–H and O–H groups in total. The van der Waals surface area contributed by atoms with Crippen molar-refractivity contribution >= 4 is 11.6 Å². The maximum atomic E-state index is 4.61. The predicted octanol–water partition coefficient (Wildman–Crippen LogP) is 3.87. The van der Waals surface area contributed by atoms with E-state index in [1.165, 1.54) is 12.8 Å². The van der Waals surface area contributed by atoms with Crippen LogP contribution in [0.15, 0.2) is 6.07 Å². The first kappa shape index (κ1) is 16.7. The van der Waals surface area contributed by atoms with Crippen molar-refractivity contribution in [2.24, 2.45) is 5.92 Å². The van der Waals surface area contributed by atoms with Gasteiger partial charge in [-0.3, -0.25) is 0 Å². The van der Waals surface area contributed by atoms with Gasteiger partial charge in [0, 0.05) is 25.7 Å². The topological polar surface area (TPSA) is 41.0 Å². The van der Waals surface area contributed by atoms with Crippen LogP contribution in [-0.2, 0) is 0 Å². The average Bonchev–Trinajstić information content (AvgIpc) is 2.46. The highest BCUT2D eigenvalue weighted by Crippen LogP contribution is 2.19. The van der Waals surface area contributed by atoms with Crippen molar-refractivity contribution in [1.82, 2.24) is 9.97 Å². The lowest BCUT2D eigenvalue weighted by atomic mass is 10.0. The van der Waals surface area contributed by atoms with E-state index in [4.69, 9.17) is 0 Å². The van der Waals surface area contributed by atoms with Crippen LogP contribution < -0.4 is 10.2 Å². The van der Waals surface area contributed by atoms with Crippen molar-refractivity contribution in [3.63, 3.8) is 0 Å². The highest BCUT2D eigenvalue weighted by Gasteiger charge is 2.13. The van der Waals surface area contributed by atoms with Crippen molar-refractivity contribution in [3.8, 4) is 0 Å². The van der Waals surface area contributed by atoms with Crippen molar-refractivity contribution in [2.45, 2.75) is 53.9 Å². The SMILES string of the molecule is CCCNc1cc(N(CC)CC(CC)CC)nc(C)n1. The van der Waals surface area contributed by atoms with E-state index in [2.05, 4.69) is 53.9 Å². The van der Waals surface area contributed by atoms with Gasteiger partial charge in [0.15, 0.2) is 0 Å². The summed E-state index contributed by atoms with van der Waals surface area (Å²) in [5.41, 5.74) is 0. The minimum atomic E-state index is 0.734. The van der Waals surface area contributed by atoms with Gasteiger partial charge in [0.1, 0.15) is 17.5 Å². The van der Waals surface area contributed by atoms with Gasteiger partial charge in [-0.1, -0.05) is 33.6 Å². The highest BCUT2D eigenvalue weighted by atomic mass is 15.2. The molecule has 1 aromatic heterocycles. The molecular weight excluding hydrogens is 248 g/mol. The second-order valence-electron chi connectivity index (χ2n) is 5.31. The Morgan fingerprint density at radius 3 is 2.40 bits per heavy atom. The molecule has 1 heterocycles. The molecule has 4 nitrogen and oxygen atoms in total. The zero-order chi connectivity index (χ0) is 15.0. The van der Waals surface area contributed by atoms with E-state index in [1.807, 2.05) is 6.92 Å². The maximum absolute atomic E-state index is 4.61. The molecule has 20 heavy (non-hydrogen) atoms. The highest BCUT2D eigenvalue weighted by molar-refractivity contribution is 5.49. The van der Waals surface area contributed by atoms with Gasteiger partial charge in [0.2, 0.25) is 0 Å². The van der Waals surface area contributed by atoms with Gasteiger partial charge in [-0.15, -0.1) is 0 Å². The van der Waals surface area contributed by atoms with E-state index in [1.54, 1.807) is 0 Å². The lowest BCUT2D eigenvalue weighted by Crippen LogP contribution is -2.30. The molecule has 0 aromatic carbocycles. The quantitative estimate of drug-likeness (QED) is 0.744. The van der Waals surface area contributed by atoms with Gasteiger partial charge in [-0.25, -0.2) is 9.97 Å². The maximum Gasteiger partial charge on any atom is 0.134 e. The number of nitrogens with one attached hydrogen (secondary N) is 1. The molecule has 4 heteroatoms. The third-order valence-corrected chi connectivity index (χ3v) is 3.72. The van der Waals surface area contributed by atoms with Crippen LogP contribution in [-0.4, -0.2) is 29.6 Å². The minimum absolute atomic E-state index is 0.734. The second-order valence-corrected chi connectivity index (χ2v) is 5.31. The molecule has 0 amide bonds. The van der Waals surface area contributed by atoms with Crippen molar-refractivity contribution in [2.75, 3.05) is 29.9 Å². The van der Waals surface area contributed by atoms with Crippen LogP contribution in [0.25, 0.3) is 0 Å². The third kappa shape index (κ3) is 4.99. The Morgan fingerprint density at radius 1 is 1.15 bits per heavy atom. The number of anilines is 2. The van der Waals surface area contributed by atoms with E-state index in [9.17, 15) is 0 Å². The number of hydrogen-bond acceptors (Lipinski definition) is 4. The summed E-state index contributed by atoms with van der Waals surface area (Å²) >= 11 is 0. The third-order valence-electron chi connectivity index (χ3n) is 3.72. The lowest BCUT2D eigenvalue weighted by molar-refractivity contribution is 0.484. The van der Waals surface area contributed by atoms with Crippen LogP contribution in [0.2, 0.25) is 0 Å². The molecule has 114 valence electrons. The molecule has 0 saturated heterocycles. The van der Waals surface area contributed by atoms with E-state index in [-0.39, 0.29) is 0 Å². The standard InChI is InChI=1S/C16H30N4/c1-6-10-17-15-11-16(19-13(5)18-15)20(9-4)12-14(7-2)8-3/h11,14H,6-10,12H2,1-5H3,(H,17,18,19). The molecule has 0 radical (unpaired) electrons. The summed E-state index contributed by atoms with van der Waals surface area (Å²) in [7, 11) is 0. The zero-order valence-electron chi connectivity index (χ0n) is 13.7. The summed E-state index contributed by atoms with van der Waals surface area (Å²) in [6.07, 6.45) is 3.54. The second kappa shape index (κ2) is 8.77. The minimum Gasteiger partial charge on any atom is -0.370 e. The molecule has 0 aliphatic rings. The molecule has 1 aromatic rings. The summed E-state index contributed by atoms with van der Waals surface area (Å²) in [4.78, 5) is 11.4. The molecular formula is C16H30N4. The largest absolute Gasteiger partial charge is 0.370 e. The van der Waals surface area contributed by atoms with Gasteiger partial charge < -0.3 is 10.2 Å². The van der Waals surface area contributed by atoms with Gasteiger partial charge >= 0.3 is 0 Å². The Balaban J connectivity index is 2.87. The van der Waals surface area contributed by atoms with Crippen LogP contribution in [0.4, 0.5) is 11.6 Å². The number of hydrogen-bond donors (Lipinski definition) is 1. The Labute approximate surface area is 124 Å². The average molecular weight is 278 g/mol. The number of nitrogens with zero attached hydrogens (tertiary/aromatic N) is 3. The first-order valence-corrected chi connectivity index (χ1v) is 7.98. The molecule has 0 aliphatic carbocycles. The summed E-state index contributed by atoms with van der Waals surface area (Å²) in [5.74, 6) is 3.56. The summed E-state index contributed by atoms with van der Waals surface area (Å²) in [6.45, 7) is 13.9. The molecule has 0 bridgehead atoms. The summed E-state index contributed by atoms with van der Waals surface area (Å²) in [5, 5.41) is 3.36. The van der Waals surface area contributed by atoms with Gasteiger partial charge in [-0.05, 0) is 26.2 Å². The summed E-state index contributed by atoms with van der Waals surface area (Å²) < 4.78 is 0. The van der Waals surface area contributed by atoms with E-state index >= 15 is 0 Å². The molecule has 0 spiro atoms. The Morgan fingerprint density at radius 2 is 1.85 bits per heavy atom. The van der Waals surface area contributed by atoms with E-state index in [0.717, 1.165) is 49.4 Å². The fraction of sp³-hybridized carbons (Fsp3) is 0.750. The van der Waals surface area contributed by atoms with Crippen LogP contribution in [0.3, 0.4) is 0 Å². The predicted molar refractivity (Wildman–Crippen MR) is 87.5 cm³/mol. The van der Waals surface area contributed by atoms with E-state index in [0.29, 0.717) is 0 Å². The Bertz CT molecular complexity index is 388. The van der Waals surface area contributed by atoms with Crippen molar-refractivity contribution in [3.05, 3.63) is 11.9 Å². The monoisotopic (exact) mass is 278 g/mol. The zero-order valence-corrected chi connectivity index (χ0v) is 13.7. The summed E-state index contributed by atoms with van der Waals surface area (Å²) in [6, 6.07) is 2.08. The van der Waals surface area contributed by atoms with Gasteiger partial charge in [0.25, 0.3) is 0 Å². The number of aromatic nitrogens is 2. The molecule has 0 atom stereocenters. The van der Waals surface area contributed by atoms with Crippen molar-refractivity contribution in [1.29, 1.82) is 0 Å². The van der Waals surface area contributed by atoms with Crippen LogP contribution in [0.1, 0.15) is 52.8 Å². The normalized spacial score (nSPS) is 10.9. The molecule has 0 fully saturated rings. The Kier molecular flexibility index (Phi) is 7.34. The Hall–Kier alpha value is -1.32. The van der Waals surface area contributed by atoms with Gasteiger partial charge in [-0.2, -0.15) is 0 Å². The smallest absolute Gasteiger partial charge is 0.134 e. The van der Waals surface area contributed by atoms with Crippen molar-refractivity contribution < 1.29 is 0 Å². The van der Waals surface area contributed by atoms with Crippen LogP contribution in [0, 0.1) is 12.8 Å². The first-order valence-electron chi connectivity index (χ1n) is 7.98. The fourth-order valence-corrected chi connectivity index (χ4v) is 2.30. The number of rotatable bonds is 9. The van der Waals surface area contributed by atoms with E-state index < -0.39 is 0 Å². The van der Waals surface area contributed by atoms with Gasteiger partial charge in [0.05, 0.1) is 0 Å². The molecule has 0 saturated carbocycles. The molecule has 1 rings (SSSR count). The molecule has 0 aliphatic heterocycles. The lowest BCUT2D eigenvalue weighted by Gasteiger charge is -2.27. The number of aryl methyl sites for hydroxylation is 1.